The van der Waals surface area contributed by atoms with Crippen LogP contribution in [-0.4, -0.2) is 4.98 Å². The van der Waals surface area contributed by atoms with Gasteiger partial charge in [0.25, 0.3) is 0 Å². The number of nitrogens with zero attached hydrogens (tertiary/aromatic N) is 1. The van der Waals surface area contributed by atoms with E-state index in [1.54, 1.807) is 0 Å². The molecule has 0 aliphatic heterocycles. The molecule has 1 aromatic rings. The summed E-state index contributed by atoms with van der Waals surface area (Å²) in [5.41, 5.74) is 0.569. The van der Waals surface area contributed by atoms with Gasteiger partial charge in [-0.25, -0.2) is 4.39 Å². The molecule has 0 radical (unpaired) electrons. The van der Waals surface area contributed by atoms with Crippen molar-refractivity contribution in [3.05, 3.63) is 27.3 Å². The van der Waals surface area contributed by atoms with E-state index in [2.05, 4.69) is 4.98 Å². The molecular formula is C6H4ClFIN. The normalized spacial score (nSPS) is 9.90. The zero-order valence-electron chi connectivity index (χ0n) is 4.94. The molecule has 0 bridgehead atoms. The first-order valence-electron chi connectivity index (χ1n) is 2.60. The van der Waals surface area contributed by atoms with Gasteiger partial charge in [0.05, 0.1) is 15.1 Å². The largest absolute Gasteiger partial charge is 0.259 e. The highest BCUT2D eigenvalue weighted by Gasteiger charge is 1.99. The lowest BCUT2D eigenvalue weighted by molar-refractivity contribution is 0.615. The molecule has 0 aliphatic rings. The van der Waals surface area contributed by atoms with E-state index >= 15 is 0 Å². The first kappa shape index (κ1) is 8.20. The average molecular weight is 271 g/mol. The van der Waals surface area contributed by atoms with Gasteiger partial charge in [-0.15, -0.1) is 11.6 Å². The number of aromatic nitrogens is 1. The molecule has 1 nitrogen and oxygen atoms in total. The zero-order chi connectivity index (χ0) is 7.56. The number of hydrogen-bond acceptors (Lipinski definition) is 1. The van der Waals surface area contributed by atoms with Crippen LogP contribution in [0.2, 0.25) is 0 Å². The smallest absolute Gasteiger partial charge is 0.139 e. The van der Waals surface area contributed by atoms with Gasteiger partial charge in [0.1, 0.15) is 5.82 Å². The maximum atomic E-state index is 12.7. The molecule has 1 rings (SSSR count). The number of hydrogen-bond donors (Lipinski definition) is 0. The number of alkyl halides is 1. The summed E-state index contributed by atoms with van der Waals surface area (Å²) in [4.78, 5) is 3.88. The predicted molar refractivity (Wildman–Crippen MR) is 46.5 cm³/mol. The molecule has 0 atom stereocenters. The molecule has 0 saturated carbocycles. The molecule has 0 aromatic carbocycles. The van der Waals surface area contributed by atoms with E-state index in [9.17, 15) is 4.39 Å². The van der Waals surface area contributed by atoms with Crippen LogP contribution in [0.1, 0.15) is 5.69 Å². The van der Waals surface area contributed by atoms with Crippen molar-refractivity contribution < 1.29 is 4.39 Å². The van der Waals surface area contributed by atoms with Gasteiger partial charge in [-0.05, 0) is 28.7 Å². The van der Waals surface area contributed by atoms with Crippen LogP contribution in [0.4, 0.5) is 4.39 Å². The van der Waals surface area contributed by atoms with Crippen molar-refractivity contribution in [1.82, 2.24) is 4.98 Å². The van der Waals surface area contributed by atoms with Gasteiger partial charge in [0, 0.05) is 6.20 Å². The van der Waals surface area contributed by atoms with E-state index in [1.165, 1.54) is 12.3 Å². The Labute approximate surface area is 76.7 Å². The molecule has 0 fully saturated rings. The quantitative estimate of drug-likeness (QED) is 0.565. The lowest BCUT2D eigenvalue weighted by atomic mass is 10.4. The van der Waals surface area contributed by atoms with E-state index in [0.29, 0.717) is 9.26 Å². The molecule has 1 heterocycles. The third kappa shape index (κ3) is 1.79. The molecule has 10 heavy (non-hydrogen) atoms. The Bertz CT molecular complexity index is 241. The van der Waals surface area contributed by atoms with Crippen molar-refractivity contribution in [3.8, 4) is 0 Å². The lowest BCUT2D eigenvalue weighted by Crippen LogP contribution is -1.89. The summed E-state index contributed by atoms with van der Waals surface area (Å²) in [6.45, 7) is 0. The zero-order valence-corrected chi connectivity index (χ0v) is 7.86. The van der Waals surface area contributed by atoms with Crippen LogP contribution in [0.5, 0.6) is 0 Å². The second kappa shape index (κ2) is 3.48. The van der Waals surface area contributed by atoms with Crippen molar-refractivity contribution in [1.29, 1.82) is 0 Å². The Morgan fingerprint density at radius 2 is 2.40 bits per heavy atom. The Morgan fingerprint density at radius 3 is 2.90 bits per heavy atom. The molecule has 0 unspecified atom stereocenters. The van der Waals surface area contributed by atoms with Crippen molar-refractivity contribution in [3.63, 3.8) is 0 Å². The highest BCUT2D eigenvalue weighted by atomic mass is 127. The van der Waals surface area contributed by atoms with Crippen LogP contribution < -0.4 is 0 Å². The summed E-state index contributed by atoms with van der Waals surface area (Å²) >= 11 is 7.30. The van der Waals surface area contributed by atoms with Crippen LogP contribution in [0.3, 0.4) is 0 Å². The highest BCUT2D eigenvalue weighted by molar-refractivity contribution is 14.1. The third-order valence-electron chi connectivity index (χ3n) is 1.00. The van der Waals surface area contributed by atoms with E-state index in [0.717, 1.165) is 0 Å². The number of rotatable bonds is 1. The van der Waals surface area contributed by atoms with E-state index in [1.807, 2.05) is 22.6 Å². The Morgan fingerprint density at radius 1 is 1.70 bits per heavy atom. The van der Waals surface area contributed by atoms with Gasteiger partial charge in [-0.3, -0.25) is 4.98 Å². The van der Waals surface area contributed by atoms with E-state index in [-0.39, 0.29) is 11.7 Å². The third-order valence-corrected chi connectivity index (χ3v) is 2.07. The van der Waals surface area contributed by atoms with Crippen LogP contribution in [0.15, 0.2) is 12.3 Å². The van der Waals surface area contributed by atoms with E-state index < -0.39 is 0 Å². The summed E-state index contributed by atoms with van der Waals surface area (Å²) in [6, 6.07) is 1.34. The first-order valence-corrected chi connectivity index (χ1v) is 4.21. The molecule has 0 saturated heterocycles. The standard InChI is InChI=1S/C6H4ClFIN/c7-2-4-1-5(8)6(9)3-10-4/h1,3H,2H2. The van der Waals surface area contributed by atoms with Crippen LogP contribution >= 0.6 is 34.2 Å². The lowest BCUT2D eigenvalue weighted by Gasteiger charge is -1.95. The number of halogens is 3. The minimum atomic E-state index is -0.258. The minimum absolute atomic E-state index is 0.258. The molecule has 4 heteroatoms. The number of pyridine rings is 1. The Balaban J connectivity index is 3.04. The topological polar surface area (TPSA) is 12.9 Å². The summed E-state index contributed by atoms with van der Waals surface area (Å²) in [7, 11) is 0. The summed E-state index contributed by atoms with van der Waals surface area (Å²) in [6.07, 6.45) is 1.47. The molecule has 1 aromatic heterocycles. The minimum Gasteiger partial charge on any atom is -0.259 e. The van der Waals surface area contributed by atoms with Crippen molar-refractivity contribution in [2.45, 2.75) is 5.88 Å². The fraction of sp³-hybridized carbons (Fsp3) is 0.167. The van der Waals surface area contributed by atoms with Gasteiger partial charge in [0.15, 0.2) is 0 Å². The fourth-order valence-electron chi connectivity index (χ4n) is 0.527. The fourth-order valence-corrected chi connectivity index (χ4v) is 0.968. The monoisotopic (exact) mass is 271 g/mol. The Kier molecular flexibility index (Phi) is 2.85. The van der Waals surface area contributed by atoms with Crippen LogP contribution in [-0.2, 0) is 5.88 Å². The van der Waals surface area contributed by atoms with Gasteiger partial charge in [-0.1, -0.05) is 0 Å². The van der Waals surface area contributed by atoms with Crippen molar-refractivity contribution in [2.75, 3.05) is 0 Å². The van der Waals surface area contributed by atoms with Crippen molar-refractivity contribution in [2.24, 2.45) is 0 Å². The summed E-state index contributed by atoms with van der Waals surface area (Å²) in [5.74, 6) is -0.000324. The first-order chi connectivity index (χ1) is 4.74. The highest BCUT2D eigenvalue weighted by Crippen LogP contribution is 2.10. The molecule has 0 N–H and O–H groups in total. The van der Waals surface area contributed by atoms with Gasteiger partial charge in [-0.2, -0.15) is 0 Å². The van der Waals surface area contributed by atoms with Crippen LogP contribution in [0, 0.1) is 9.39 Å². The SMILES string of the molecule is Fc1cc(CCl)ncc1I. The van der Waals surface area contributed by atoms with Gasteiger partial charge >= 0.3 is 0 Å². The molecule has 0 spiro atoms. The molecule has 0 aliphatic carbocycles. The summed E-state index contributed by atoms with van der Waals surface area (Å²) in [5, 5.41) is 0. The maximum absolute atomic E-state index is 12.7. The molecule has 54 valence electrons. The summed E-state index contributed by atoms with van der Waals surface area (Å²) < 4.78 is 13.2. The molecular weight excluding hydrogens is 267 g/mol. The maximum Gasteiger partial charge on any atom is 0.139 e. The van der Waals surface area contributed by atoms with Gasteiger partial charge in [0.2, 0.25) is 0 Å². The van der Waals surface area contributed by atoms with Gasteiger partial charge < -0.3 is 0 Å². The average Bonchev–Trinajstić information content (AvgIpc) is 1.95. The van der Waals surface area contributed by atoms with Crippen molar-refractivity contribution >= 4 is 34.2 Å². The second-order valence-electron chi connectivity index (χ2n) is 1.72. The second-order valence-corrected chi connectivity index (χ2v) is 3.15. The Hall–Kier alpha value is 0.100. The van der Waals surface area contributed by atoms with E-state index in [4.69, 9.17) is 11.6 Å². The van der Waals surface area contributed by atoms with Crippen LogP contribution in [0.25, 0.3) is 0 Å². The molecule has 0 amide bonds. The predicted octanol–water partition coefficient (Wildman–Crippen LogP) is 2.56.